The van der Waals surface area contributed by atoms with Crippen LogP contribution in [0.1, 0.15) is 30.7 Å². The molecule has 0 amide bonds. The first-order valence-electron chi connectivity index (χ1n) is 9.84. The largest absolute Gasteiger partial charge is 0.361 e. The zero-order valence-corrected chi connectivity index (χ0v) is 19.1. The molecule has 2 heterocycles. The Kier molecular flexibility index (Phi) is 6.23. The van der Waals surface area contributed by atoms with Gasteiger partial charge in [0.2, 0.25) is 5.79 Å². The lowest BCUT2D eigenvalue weighted by Gasteiger charge is -2.29. The van der Waals surface area contributed by atoms with E-state index in [2.05, 4.69) is 0 Å². The Balaban J connectivity index is 0.000000210. The number of fused-ring (bicyclic) bond motifs is 2. The average Bonchev–Trinajstić information content (AvgIpc) is 2.84. The number of aliphatic hydroxyl groups is 1. The van der Waals surface area contributed by atoms with Gasteiger partial charge in [-0.2, -0.15) is 8.42 Å². The third-order valence-corrected chi connectivity index (χ3v) is 5.86. The molecule has 1 aliphatic rings. The van der Waals surface area contributed by atoms with Gasteiger partial charge in [0, 0.05) is 10.9 Å². The van der Waals surface area contributed by atoms with Gasteiger partial charge in [-0.25, -0.2) is 4.98 Å². The Morgan fingerprint density at radius 1 is 1.06 bits per heavy atom. The molecule has 0 aliphatic carbocycles. The number of para-hydroxylation sites is 1. The Morgan fingerprint density at radius 3 is 2.26 bits per heavy atom. The Bertz CT molecular complexity index is 1190. The van der Waals surface area contributed by atoms with Crippen molar-refractivity contribution in [2.24, 2.45) is 0 Å². The molecule has 1 aromatic heterocycles. The number of pyridine rings is 1. The Morgan fingerprint density at radius 2 is 1.68 bits per heavy atom. The van der Waals surface area contributed by atoms with Crippen molar-refractivity contribution in [1.29, 1.82) is 0 Å². The monoisotopic (exact) mass is 444 g/mol. The predicted octanol–water partition coefficient (Wildman–Crippen LogP) is 3.45. The summed E-state index contributed by atoms with van der Waals surface area (Å²) >= 11 is 0. The molecule has 0 spiro atoms. The van der Waals surface area contributed by atoms with Crippen molar-refractivity contribution >= 4 is 21.0 Å². The van der Waals surface area contributed by atoms with E-state index in [0.717, 1.165) is 27.7 Å². The molecule has 0 saturated heterocycles. The lowest BCUT2D eigenvalue weighted by atomic mass is 9.97. The summed E-state index contributed by atoms with van der Waals surface area (Å²) in [7, 11) is -0.185. The highest BCUT2D eigenvalue weighted by atomic mass is 32.2. The first-order valence-corrected chi connectivity index (χ1v) is 11.3. The summed E-state index contributed by atoms with van der Waals surface area (Å²) < 4.78 is 35.5. The van der Waals surface area contributed by atoms with Gasteiger partial charge in [-0.05, 0) is 59.1 Å². The minimum atomic E-state index is -4.02. The molecule has 1 atom stereocenters. The van der Waals surface area contributed by atoms with Crippen LogP contribution in [-0.2, 0) is 26.2 Å². The van der Waals surface area contributed by atoms with Crippen LogP contribution >= 0.6 is 0 Å². The average molecular weight is 445 g/mol. The summed E-state index contributed by atoms with van der Waals surface area (Å²) in [5.74, 6) is -1.31. The number of benzene rings is 2. The van der Waals surface area contributed by atoms with E-state index in [9.17, 15) is 13.5 Å². The summed E-state index contributed by atoms with van der Waals surface area (Å²) in [6.45, 7) is 6.14. The van der Waals surface area contributed by atoms with Crippen molar-refractivity contribution in [1.82, 2.24) is 9.88 Å². The SMILES string of the molecule is CN(C)CC1(O)OC(C)(C)c2nc3ccccc3cc21.Cc1ccc(S(=O)(=O)O)cc1. The van der Waals surface area contributed by atoms with Gasteiger partial charge in [-0.3, -0.25) is 4.55 Å². The molecule has 166 valence electrons. The maximum Gasteiger partial charge on any atom is 0.294 e. The van der Waals surface area contributed by atoms with Gasteiger partial charge in [-0.15, -0.1) is 0 Å². The van der Waals surface area contributed by atoms with Crippen molar-refractivity contribution in [3.05, 3.63) is 71.4 Å². The fourth-order valence-electron chi connectivity index (χ4n) is 3.65. The van der Waals surface area contributed by atoms with Crippen LogP contribution in [0.4, 0.5) is 0 Å². The van der Waals surface area contributed by atoms with Gasteiger partial charge in [0.15, 0.2) is 0 Å². The molecule has 2 N–H and O–H groups in total. The third-order valence-electron chi connectivity index (χ3n) is 4.99. The van der Waals surface area contributed by atoms with Crippen molar-refractivity contribution < 1.29 is 22.8 Å². The zero-order chi connectivity index (χ0) is 23.0. The second-order valence-electron chi connectivity index (χ2n) is 8.50. The molecule has 31 heavy (non-hydrogen) atoms. The normalized spacial score (nSPS) is 19.7. The summed E-state index contributed by atoms with van der Waals surface area (Å²) in [5, 5.41) is 11.9. The van der Waals surface area contributed by atoms with Crippen molar-refractivity contribution in [3.63, 3.8) is 0 Å². The minimum Gasteiger partial charge on any atom is -0.361 e. The van der Waals surface area contributed by atoms with Crippen LogP contribution < -0.4 is 0 Å². The van der Waals surface area contributed by atoms with E-state index in [-0.39, 0.29) is 4.90 Å². The van der Waals surface area contributed by atoms with Gasteiger partial charge in [0.1, 0.15) is 5.60 Å². The van der Waals surface area contributed by atoms with Gasteiger partial charge in [0.25, 0.3) is 10.1 Å². The molecule has 0 saturated carbocycles. The predicted molar refractivity (Wildman–Crippen MR) is 119 cm³/mol. The first-order chi connectivity index (χ1) is 14.3. The minimum absolute atomic E-state index is 0.0666. The molecule has 0 radical (unpaired) electrons. The van der Waals surface area contributed by atoms with Crippen molar-refractivity contribution in [2.45, 2.75) is 37.1 Å². The maximum absolute atomic E-state index is 10.9. The van der Waals surface area contributed by atoms with E-state index < -0.39 is 21.5 Å². The summed E-state index contributed by atoms with van der Waals surface area (Å²) in [4.78, 5) is 6.56. The number of aromatic nitrogens is 1. The fourth-order valence-corrected chi connectivity index (χ4v) is 4.13. The van der Waals surface area contributed by atoms with Crippen LogP contribution in [0.15, 0.2) is 59.5 Å². The lowest BCUT2D eigenvalue weighted by molar-refractivity contribution is -0.255. The molecule has 1 unspecified atom stereocenters. The number of likely N-dealkylation sites (N-methyl/N-ethyl adjacent to an activating group) is 1. The maximum atomic E-state index is 10.9. The van der Waals surface area contributed by atoms with E-state index in [4.69, 9.17) is 14.3 Å². The van der Waals surface area contributed by atoms with Crippen molar-refractivity contribution in [2.75, 3.05) is 20.6 Å². The smallest absolute Gasteiger partial charge is 0.294 e. The van der Waals surface area contributed by atoms with Crippen molar-refractivity contribution in [3.8, 4) is 0 Å². The van der Waals surface area contributed by atoms with E-state index in [1.807, 2.05) is 70.1 Å². The molecule has 2 aromatic carbocycles. The number of hydrogen-bond donors (Lipinski definition) is 2. The first kappa shape index (κ1) is 23.3. The molecule has 3 aromatic rings. The number of hydrogen-bond acceptors (Lipinski definition) is 6. The highest BCUT2D eigenvalue weighted by molar-refractivity contribution is 7.85. The third kappa shape index (κ3) is 5.11. The topological polar surface area (TPSA) is 100.0 Å². The van der Waals surface area contributed by atoms with E-state index in [0.29, 0.717) is 6.54 Å². The quantitative estimate of drug-likeness (QED) is 0.597. The Labute approximate surface area is 183 Å². The van der Waals surface area contributed by atoms with Gasteiger partial charge >= 0.3 is 0 Å². The standard InChI is InChI=1S/C16H20N2O2.C7H8O3S/c1-15(2)14-12(16(19,20-15)10-18(3)4)9-11-7-5-6-8-13(11)17-14;1-6-2-4-7(5-3-6)11(8,9)10/h5-9,19H,10H2,1-4H3;2-5H,1H3,(H,8,9,10). The lowest BCUT2D eigenvalue weighted by Crippen LogP contribution is -2.39. The van der Waals surface area contributed by atoms with Gasteiger partial charge in [-0.1, -0.05) is 35.9 Å². The van der Waals surface area contributed by atoms with Crippen LogP contribution in [-0.4, -0.2) is 48.6 Å². The van der Waals surface area contributed by atoms with Crippen LogP contribution in [0, 0.1) is 6.92 Å². The van der Waals surface area contributed by atoms with Crippen LogP contribution in [0.2, 0.25) is 0 Å². The fraction of sp³-hybridized carbons (Fsp3) is 0.348. The Hall–Kier alpha value is -2.36. The highest BCUT2D eigenvalue weighted by Gasteiger charge is 2.49. The molecule has 0 bridgehead atoms. The molecule has 7 nitrogen and oxygen atoms in total. The van der Waals surface area contributed by atoms with Crippen LogP contribution in [0.25, 0.3) is 10.9 Å². The second kappa shape index (κ2) is 8.29. The van der Waals surface area contributed by atoms with E-state index in [1.165, 1.54) is 12.1 Å². The van der Waals surface area contributed by atoms with Gasteiger partial charge < -0.3 is 14.7 Å². The number of nitrogens with zero attached hydrogens (tertiary/aromatic N) is 2. The number of rotatable bonds is 3. The second-order valence-corrected chi connectivity index (χ2v) is 9.92. The summed E-state index contributed by atoms with van der Waals surface area (Å²) in [6.07, 6.45) is 0. The zero-order valence-electron chi connectivity index (χ0n) is 18.3. The van der Waals surface area contributed by atoms with E-state index in [1.54, 1.807) is 12.1 Å². The molecule has 8 heteroatoms. The molecular weight excluding hydrogens is 416 g/mol. The van der Waals surface area contributed by atoms with Crippen LogP contribution in [0.3, 0.4) is 0 Å². The molecule has 1 aliphatic heterocycles. The number of ether oxygens (including phenoxy) is 1. The van der Waals surface area contributed by atoms with E-state index >= 15 is 0 Å². The van der Waals surface area contributed by atoms with Gasteiger partial charge in [0.05, 0.1) is 22.7 Å². The van der Waals surface area contributed by atoms with Crippen LogP contribution in [0.5, 0.6) is 0 Å². The molecule has 0 fully saturated rings. The summed E-state index contributed by atoms with van der Waals surface area (Å²) in [6, 6.07) is 15.9. The number of aryl methyl sites for hydroxylation is 1. The molecule has 4 rings (SSSR count). The molecular formula is C23H28N2O5S. The highest BCUT2D eigenvalue weighted by Crippen LogP contribution is 2.45. The summed E-state index contributed by atoms with van der Waals surface area (Å²) in [5.41, 5.74) is 2.88.